The van der Waals surface area contributed by atoms with E-state index in [0.29, 0.717) is 38.4 Å². The summed E-state index contributed by atoms with van der Waals surface area (Å²) < 4.78 is 38.8. The summed E-state index contributed by atoms with van der Waals surface area (Å²) in [6.07, 6.45) is -4.70. The first-order valence-electron chi connectivity index (χ1n) is 9.36. The van der Waals surface area contributed by atoms with E-state index in [-0.39, 0.29) is 5.69 Å². The highest BCUT2D eigenvalue weighted by Crippen LogP contribution is 2.31. The molecule has 1 aliphatic rings. The number of nitrogen functional groups attached to an aromatic ring is 1. The van der Waals surface area contributed by atoms with Crippen LogP contribution in [0.5, 0.6) is 0 Å². The molecule has 0 bridgehead atoms. The number of benzene rings is 1. The highest BCUT2D eigenvalue weighted by molar-refractivity contribution is 6.00. The summed E-state index contributed by atoms with van der Waals surface area (Å²) >= 11 is 0. The summed E-state index contributed by atoms with van der Waals surface area (Å²) in [5.41, 5.74) is 3.97. The van der Waals surface area contributed by atoms with Gasteiger partial charge in [-0.25, -0.2) is 4.79 Å². The lowest BCUT2D eigenvalue weighted by Crippen LogP contribution is -2.63. The number of hydrogen-bond donors (Lipinski definition) is 5. The van der Waals surface area contributed by atoms with Gasteiger partial charge in [-0.05, 0) is 24.6 Å². The summed E-state index contributed by atoms with van der Waals surface area (Å²) in [7, 11) is 0. The van der Waals surface area contributed by atoms with E-state index >= 15 is 0 Å². The number of alkyl halides is 3. The van der Waals surface area contributed by atoms with Crippen LogP contribution in [-0.2, 0) is 11.0 Å². The second-order valence-corrected chi connectivity index (χ2v) is 7.05. The number of carboxylic acid groups (broad SMARTS) is 1. The fraction of sp³-hybridized carbons (Fsp3) is 0.421. The summed E-state index contributed by atoms with van der Waals surface area (Å²) in [5.74, 6) is -0.977. The van der Waals surface area contributed by atoms with Gasteiger partial charge in [0.05, 0.1) is 17.2 Å². The number of carbonyl (C=O) groups is 3. The third kappa shape index (κ3) is 6.69. The van der Waals surface area contributed by atoms with Crippen LogP contribution in [0.1, 0.15) is 22.3 Å². The molecule has 0 radical (unpaired) electrons. The summed E-state index contributed by atoms with van der Waals surface area (Å²) in [4.78, 5) is 37.1. The molecule has 170 valence electrons. The number of piperidine rings is 1. The minimum Gasteiger partial charge on any atom is -0.465 e. The molecular formula is C19H24F3N5O4. The third-order valence-corrected chi connectivity index (χ3v) is 4.83. The van der Waals surface area contributed by atoms with Gasteiger partial charge in [0, 0.05) is 31.4 Å². The molecule has 0 spiro atoms. The lowest BCUT2D eigenvalue weighted by Gasteiger charge is -2.39. The molecule has 3 atom stereocenters. The topological polar surface area (TPSA) is 137 Å². The van der Waals surface area contributed by atoms with E-state index in [9.17, 15) is 27.6 Å². The van der Waals surface area contributed by atoms with E-state index in [1.165, 1.54) is 0 Å². The van der Waals surface area contributed by atoms with E-state index in [1.54, 1.807) is 6.08 Å². The number of anilines is 1. The second-order valence-electron chi connectivity index (χ2n) is 7.05. The van der Waals surface area contributed by atoms with Crippen molar-refractivity contribution in [2.45, 2.75) is 30.8 Å². The Hall–Kier alpha value is -3.12. The van der Waals surface area contributed by atoms with Crippen molar-refractivity contribution >= 4 is 24.0 Å². The molecule has 1 aromatic rings. The Labute approximate surface area is 176 Å². The van der Waals surface area contributed by atoms with Crippen molar-refractivity contribution in [3.05, 3.63) is 42.0 Å². The number of halogens is 3. The number of aldehydes is 1. The highest BCUT2D eigenvalue weighted by Gasteiger charge is 2.33. The lowest BCUT2D eigenvalue weighted by molar-refractivity contribution is -0.137. The molecule has 31 heavy (non-hydrogen) atoms. The van der Waals surface area contributed by atoms with E-state index in [2.05, 4.69) is 22.5 Å². The smallest absolute Gasteiger partial charge is 0.416 e. The Balaban J connectivity index is 2.15. The van der Waals surface area contributed by atoms with Crippen LogP contribution in [-0.4, -0.2) is 66.2 Å². The number of nitrogens with one attached hydrogen (secondary N) is 3. The van der Waals surface area contributed by atoms with Crippen LogP contribution in [0.25, 0.3) is 0 Å². The molecule has 2 rings (SSSR count). The van der Waals surface area contributed by atoms with Crippen LogP contribution in [0.15, 0.2) is 30.9 Å². The van der Waals surface area contributed by atoms with Crippen molar-refractivity contribution < 1.29 is 32.7 Å². The summed E-state index contributed by atoms with van der Waals surface area (Å²) in [6.45, 7) is 5.13. The number of carbonyl (C=O) groups excluding carboxylic acids is 2. The van der Waals surface area contributed by atoms with Gasteiger partial charge in [-0.3, -0.25) is 19.8 Å². The number of hydrogen-bond acceptors (Lipinski definition) is 6. The molecule has 2 amide bonds. The van der Waals surface area contributed by atoms with Gasteiger partial charge < -0.3 is 21.5 Å². The molecule has 1 aliphatic heterocycles. The van der Waals surface area contributed by atoms with Gasteiger partial charge in [-0.15, -0.1) is 6.58 Å². The summed E-state index contributed by atoms with van der Waals surface area (Å²) in [6, 6.07) is 1.21. The van der Waals surface area contributed by atoms with Gasteiger partial charge in [-0.1, -0.05) is 6.08 Å². The largest absolute Gasteiger partial charge is 0.465 e. The number of rotatable bonds is 8. The van der Waals surface area contributed by atoms with Gasteiger partial charge in [0.2, 0.25) is 0 Å². The van der Waals surface area contributed by atoms with Crippen LogP contribution in [0.3, 0.4) is 0 Å². The quantitative estimate of drug-likeness (QED) is 0.175. The summed E-state index contributed by atoms with van der Waals surface area (Å²) in [5, 5.41) is 16.6. The maximum Gasteiger partial charge on any atom is 0.416 e. The predicted molar refractivity (Wildman–Crippen MR) is 106 cm³/mol. The zero-order valence-electron chi connectivity index (χ0n) is 16.5. The molecule has 1 fully saturated rings. The lowest BCUT2D eigenvalue weighted by atomic mass is 9.99. The maximum absolute atomic E-state index is 12.9. The van der Waals surface area contributed by atoms with Crippen LogP contribution in [0.2, 0.25) is 0 Å². The second kappa shape index (κ2) is 10.3. The maximum atomic E-state index is 12.9. The average Bonchev–Trinajstić information content (AvgIpc) is 2.68. The molecule has 0 aliphatic carbocycles. The molecule has 0 aromatic heterocycles. The van der Waals surface area contributed by atoms with E-state index in [1.807, 2.05) is 4.90 Å². The molecule has 1 saturated heterocycles. The van der Waals surface area contributed by atoms with Crippen molar-refractivity contribution in [1.29, 1.82) is 0 Å². The number of likely N-dealkylation sites (tertiary alicyclic amines) is 1. The predicted octanol–water partition coefficient (Wildman–Crippen LogP) is 1.03. The van der Waals surface area contributed by atoms with Crippen LogP contribution >= 0.6 is 0 Å². The Kier molecular flexibility index (Phi) is 8.00. The van der Waals surface area contributed by atoms with Crippen molar-refractivity contribution in [3.63, 3.8) is 0 Å². The van der Waals surface area contributed by atoms with Crippen LogP contribution in [0, 0.1) is 0 Å². The zero-order valence-corrected chi connectivity index (χ0v) is 16.5. The number of amides is 2. The number of nitrogens with two attached hydrogens (primary N) is 1. The Morgan fingerprint density at radius 3 is 2.65 bits per heavy atom. The van der Waals surface area contributed by atoms with E-state index in [4.69, 9.17) is 10.8 Å². The van der Waals surface area contributed by atoms with Crippen LogP contribution in [0.4, 0.5) is 23.7 Å². The normalized spacial score (nSPS) is 20.5. The van der Waals surface area contributed by atoms with E-state index < -0.39 is 47.6 Å². The van der Waals surface area contributed by atoms with Gasteiger partial charge in [0.1, 0.15) is 6.17 Å². The molecule has 1 heterocycles. The van der Waals surface area contributed by atoms with E-state index in [0.717, 1.165) is 12.1 Å². The zero-order chi connectivity index (χ0) is 23.2. The van der Waals surface area contributed by atoms with Gasteiger partial charge >= 0.3 is 12.3 Å². The minimum absolute atomic E-state index is 0.185. The Bertz CT molecular complexity index is 833. The third-order valence-electron chi connectivity index (χ3n) is 4.83. The fourth-order valence-corrected chi connectivity index (χ4v) is 3.36. The highest BCUT2D eigenvalue weighted by atomic mass is 19.4. The molecule has 1 unspecified atom stereocenters. The first-order valence-corrected chi connectivity index (χ1v) is 9.36. The van der Waals surface area contributed by atoms with Crippen molar-refractivity contribution in [2.24, 2.45) is 0 Å². The SMILES string of the molecule is C=CCN1CC[C@H](NC(=O)O)[C@H](NC(C=O)NC(=O)c2cc(C(F)(F)F)ccc2N)C1. The number of nitrogens with zero attached hydrogens (tertiary/aromatic N) is 1. The molecule has 0 saturated carbocycles. The van der Waals surface area contributed by atoms with Crippen molar-refractivity contribution in [1.82, 2.24) is 20.9 Å². The minimum atomic E-state index is -4.67. The molecule has 6 N–H and O–H groups in total. The molecular weight excluding hydrogens is 419 g/mol. The molecule has 1 aromatic carbocycles. The fourth-order valence-electron chi connectivity index (χ4n) is 3.36. The Morgan fingerprint density at radius 1 is 1.35 bits per heavy atom. The van der Waals surface area contributed by atoms with Crippen molar-refractivity contribution in [3.8, 4) is 0 Å². The van der Waals surface area contributed by atoms with Crippen LogP contribution < -0.4 is 21.7 Å². The monoisotopic (exact) mass is 443 g/mol. The Morgan fingerprint density at radius 2 is 2.06 bits per heavy atom. The first-order chi connectivity index (χ1) is 14.5. The van der Waals surface area contributed by atoms with Gasteiger partial charge in [0.25, 0.3) is 5.91 Å². The molecule has 9 nitrogen and oxygen atoms in total. The standard InChI is InChI=1S/C19H24F3N5O4/c1-2-6-27-7-5-14(25-18(30)31)15(9-27)24-16(10-28)26-17(29)12-8-11(19(20,21)22)3-4-13(12)23/h2-4,8,10,14-16,24-25H,1,5-7,9,23H2,(H,26,29)(H,30,31)/t14-,15+,16?/m0/s1. The molecule has 12 heteroatoms. The van der Waals surface area contributed by atoms with Gasteiger partial charge in [0.15, 0.2) is 6.29 Å². The first kappa shape index (κ1) is 24.2. The van der Waals surface area contributed by atoms with Crippen molar-refractivity contribution in [2.75, 3.05) is 25.4 Å². The average molecular weight is 443 g/mol. The van der Waals surface area contributed by atoms with Gasteiger partial charge in [-0.2, -0.15) is 13.2 Å².